The predicted molar refractivity (Wildman–Crippen MR) is 137 cm³/mol. The number of allylic oxidation sites excluding steroid dienone is 1. The monoisotopic (exact) mass is 480 g/mol. The van der Waals surface area contributed by atoms with Crippen molar-refractivity contribution in [3.63, 3.8) is 0 Å². The molecule has 0 spiro atoms. The molecule has 0 radical (unpaired) electrons. The Hall–Kier alpha value is -2.59. The fraction of sp³-hybridized carbons (Fsp3) is 0.577. The Morgan fingerprint density at radius 1 is 1.14 bits per heavy atom. The van der Waals surface area contributed by atoms with Crippen LogP contribution in [-0.2, 0) is 11.3 Å². The summed E-state index contributed by atoms with van der Waals surface area (Å²) >= 11 is 0. The van der Waals surface area contributed by atoms with E-state index < -0.39 is 6.10 Å². The van der Waals surface area contributed by atoms with Crippen molar-refractivity contribution in [2.45, 2.75) is 44.9 Å². The highest BCUT2D eigenvalue weighted by Crippen LogP contribution is 2.25. The zero-order valence-electron chi connectivity index (χ0n) is 20.5. The SMILES string of the molecule is CC1=CC[C@H](O)C(Cn2c(NC3CCN(CCN4CCOCC4)CC3)nc3ccc(C=O)cc32)=N1. The maximum absolute atomic E-state index is 11.4. The number of carbonyl (C=O) groups is 1. The third-order valence-electron chi connectivity index (χ3n) is 7.33. The van der Waals surface area contributed by atoms with Crippen molar-refractivity contribution in [2.75, 3.05) is 57.8 Å². The van der Waals surface area contributed by atoms with Gasteiger partial charge in [0.05, 0.1) is 42.6 Å². The van der Waals surface area contributed by atoms with Gasteiger partial charge in [-0.15, -0.1) is 0 Å². The van der Waals surface area contributed by atoms with Crippen molar-refractivity contribution in [2.24, 2.45) is 4.99 Å². The number of imidazole rings is 1. The number of ether oxygens (including phenoxy) is 1. The topological polar surface area (TPSA) is 95.2 Å². The fourth-order valence-corrected chi connectivity index (χ4v) is 5.14. The zero-order chi connectivity index (χ0) is 24.2. The van der Waals surface area contributed by atoms with Crippen LogP contribution < -0.4 is 5.32 Å². The lowest BCUT2D eigenvalue weighted by Crippen LogP contribution is -2.45. The molecule has 35 heavy (non-hydrogen) atoms. The lowest BCUT2D eigenvalue weighted by Gasteiger charge is -2.35. The molecule has 3 aliphatic heterocycles. The first-order chi connectivity index (χ1) is 17.1. The van der Waals surface area contributed by atoms with E-state index in [1.54, 1.807) is 6.07 Å². The highest BCUT2D eigenvalue weighted by atomic mass is 16.5. The van der Waals surface area contributed by atoms with Gasteiger partial charge in [-0.1, -0.05) is 6.08 Å². The van der Waals surface area contributed by atoms with Gasteiger partial charge in [0, 0.05) is 56.6 Å². The quantitative estimate of drug-likeness (QED) is 0.559. The normalized spacial score (nSPS) is 22.7. The second kappa shape index (κ2) is 11.0. The van der Waals surface area contributed by atoms with Gasteiger partial charge in [0.2, 0.25) is 5.95 Å². The Balaban J connectivity index is 1.28. The van der Waals surface area contributed by atoms with E-state index in [1.807, 2.05) is 25.1 Å². The van der Waals surface area contributed by atoms with Crippen molar-refractivity contribution in [1.82, 2.24) is 19.4 Å². The van der Waals surface area contributed by atoms with Crippen LogP contribution in [0, 0.1) is 0 Å². The molecule has 2 aromatic rings. The van der Waals surface area contributed by atoms with Crippen LogP contribution in [0.4, 0.5) is 5.95 Å². The molecule has 1 aromatic carbocycles. The first-order valence-corrected chi connectivity index (χ1v) is 12.8. The van der Waals surface area contributed by atoms with Crippen LogP contribution in [0.2, 0.25) is 0 Å². The second-order valence-corrected chi connectivity index (χ2v) is 9.80. The first-order valence-electron chi connectivity index (χ1n) is 12.8. The standard InChI is InChI=1S/C26H36N6O3/c1-19-2-5-25(34)23(27-19)17-32-24-16-20(18-33)3-4-22(24)29-26(32)28-21-6-8-30(9-7-21)10-11-31-12-14-35-15-13-31/h2-4,16,18,21,25,34H,5-15,17H2,1H3,(H,28,29)/t25-/m0/s1. The van der Waals surface area contributed by atoms with Crippen molar-refractivity contribution < 1.29 is 14.6 Å². The minimum absolute atomic E-state index is 0.329. The number of aldehydes is 1. The van der Waals surface area contributed by atoms with Crippen LogP contribution in [0.1, 0.15) is 36.5 Å². The van der Waals surface area contributed by atoms with Crippen LogP contribution >= 0.6 is 0 Å². The summed E-state index contributed by atoms with van der Waals surface area (Å²) in [4.78, 5) is 25.9. The first kappa shape index (κ1) is 24.1. The van der Waals surface area contributed by atoms with Gasteiger partial charge in [-0.2, -0.15) is 0 Å². The highest BCUT2D eigenvalue weighted by Gasteiger charge is 2.24. The van der Waals surface area contributed by atoms with Crippen LogP contribution in [0.5, 0.6) is 0 Å². The number of benzene rings is 1. The molecule has 0 bridgehead atoms. The van der Waals surface area contributed by atoms with Gasteiger partial charge in [0.25, 0.3) is 0 Å². The number of aliphatic hydroxyl groups is 1. The number of aliphatic hydroxyl groups excluding tert-OH is 1. The van der Waals surface area contributed by atoms with Crippen molar-refractivity contribution in [3.8, 4) is 0 Å². The number of nitrogens with one attached hydrogen (secondary N) is 1. The predicted octanol–water partition coefficient (Wildman–Crippen LogP) is 2.17. The lowest BCUT2D eigenvalue weighted by molar-refractivity contribution is 0.0322. The Morgan fingerprint density at radius 3 is 2.63 bits per heavy atom. The molecular formula is C26H36N6O3. The summed E-state index contributed by atoms with van der Waals surface area (Å²) in [5.74, 6) is 0.775. The number of nitrogens with zero attached hydrogens (tertiary/aromatic N) is 5. The largest absolute Gasteiger partial charge is 0.387 e. The number of anilines is 1. The summed E-state index contributed by atoms with van der Waals surface area (Å²) < 4.78 is 7.52. The van der Waals surface area contributed by atoms with E-state index in [0.29, 0.717) is 24.6 Å². The molecule has 2 fully saturated rings. The van der Waals surface area contributed by atoms with Crippen molar-refractivity contribution in [3.05, 3.63) is 35.5 Å². The van der Waals surface area contributed by atoms with Crippen molar-refractivity contribution >= 4 is 29.0 Å². The van der Waals surface area contributed by atoms with Crippen LogP contribution in [0.25, 0.3) is 11.0 Å². The molecule has 2 N–H and O–H groups in total. The third kappa shape index (κ3) is 5.81. The average Bonchev–Trinajstić information content (AvgIpc) is 3.22. The highest BCUT2D eigenvalue weighted by molar-refractivity contribution is 5.93. The van der Waals surface area contributed by atoms with Crippen LogP contribution in [0.15, 0.2) is 35.0 Å². The van der Waals surface area contributed by atoms with Crippen molar-refractivity contribution in [1.29, 1.82) is 0 Å². The summed E-state index contributed by atoms with van der Waals surface area (Å²) in [7, 11) is 0. The molecule has 0 saturated carbocycles. The number of rotatable bonds is 8. The van der Waals surface area contributed by atoms with E-state index in [1.165, 1.54) is 0 Å². The van der Waals surface area contributed by atoms with E-state index >= 15 is 0 Å². The van der Waals surface area contributed by atoms with Gasteiger partial charge in [-0.3, -0.25) is 14.7 Å². The van der Waals surface area contributed by atoms with Gasteiger partial charge in [0.1, 0.15) is 6.29 Å². The number of piperidine rings is 1. The molecule has 9 heteroatoms. The summed E-state index contributed by atoms with van der Waals surface area (Å²) in [6.07, 6.45) is 4.89. The molecule has 1 aromatic heterocycles. The Morgan fingerprint density at radius 2 is 1.89 bits per heavy atom. The molecule has 188 valence electrons. The summed E-state index contributed by atoms with van der Waals surface area (Å²) in [5.41, 5.74) is 3.96. The molecular weight excluding hydrogens is 444 g/mol. The molecule has 2 saturated heterocycles. The van der Waals surface area contributed by atoms with E-state index in [-0.39, 0.29) is 0 Å². The minimum Gasteiger partial charge on any atom is -0.387 e. The number of aromatic nitrogens is 2. The maximum Gasteiger partial charge on any atom is 0.204 e. The number of hydrogen-bond acceptors (Lipinski definition) is 8. The molecule has 0 amide bonds. The number of fused-ring (bicyclic) bond motifs is 1. The molecule has 0 unspecified atom stereocenters. The molecule has 0 aliphatic carbocycles. The van der Waals surface area contributed by atoms with Crippen LogP contribution in [-0.4, -0.2) is 101 Å². The third-order valence-corrected chi connectivity index (χ3v) is 7.33. The molecule has 5 rings (SSSR count). The second-order valence-electron chi connectivity index (χ2n) is 9.80. The number of aliphatic imine (C=N–C) groups is 1. The molecule has 4 heterocycles. The summed E-state index contributed by atoms with van der Waals surface area (Å²) in [6.45, 7) is 10.5. The van der Waals surface area contributed by atoms with Gasteiger partial charge in [-0.25, -0.2) is 4.98 Å². The number of likely N-dealkylation sites (tertiary alicyclic amines) is 1. The smallest absolute Gasteiger partial charge is 0.204 e. The summed E-state index contributed by atoms with van der Waals surface area (Å²) in [5, 5.41) is 14.2. The lowest BCUT2D eigenvalue weighted by atomic mass is 10.1. The van der Waals surface area contributed by atoms with E-state index in [9.17, 15) is 9.90 Å². The average molecular weight is 481 g/mol. The molecule has 9 nitrogen and oxygen atoms in total. The molecule has 3 aliphatic rings. The maximum atomic E-state index is 11.4. The van der Waals surface area contributed by atoms with Gasteiger partial charge in [0.15, 0.2) is 0 Å². The van der Waals surface area contributed by atoms with Gasteiger partial charge < -0.3 is 24.6 Å². The van der Waals surface area contributed by atoms with E-state index in [0.717, 1.165) is 100 Å². The Bertz CT molecular complexity index is 1100. The van der Waals surface area contributed by atoms with Gasteiger partial charge >= 0.3 is 0 Å². The van der Waals surface area contributed by atoms with E-state index in [2.05, 4.69) is 24.7 Å². The Kier molecular flexibility index (Phi) is 7.57. The Labute approximate surface area is 206 Å². The van der Waals surface area contributed by atoms with Gasteiger partial charge in [-0.05, 0) is 44.4 Å². The number of carbonyl (C=O) groups excluding carboxylic acids is 1. The number of hydrogen-bond donors (Lipinski definition) is 2. The summed E-state index contributed by atoms with van der Waals surface area (Å²) in [6, 6.07) is 5.88. The van der Waals surface area contributed by atoms with Crippen LogP contribution in [0.3, 0.4) is 0 Å². The fourth-order valence-electron chi connectivity index (χ4n) is 5.14. The minimum atomic E-state index is -0.604. The zero-order valence-corrected chi connectivity index (χ0v) is 20.5. The molecule has 1 atom stereocenters. The van der Waals surface area contributed by atoms with E-state index in [4.69, 9.17) is 9.72 Å². The number of morpholine rings is 1.